The van der Waals surface area contributed by atoms with E-state index in [1.54, 1.807) is 17.4 Å². The predicted molar refractivity (Wildman–Crippen MR) is 86.0 cm³/mol. The number of carbonyl (C=O) groups excluding carboxylic acids is 1. The molecule has 3 N–H and O–H groups in total. The number of hydrogen-bond acceptors (Lipinski definition) is 3. The first-order valence-corrected chi connectivity index (χ1v) is 7.75. The van der Waals surface area contributed by atoms with E-state index in [2.05, 4.69) is 26.6 Å². The second-order valence-electron chi connectivity index (χ2n) is 4.33. The highest BCUT2D eigenvalue weighted by Gasteiger charge is 2.09. The number of anilines is 1. The van der Waals surface area contributed by atoms with E-state index in [0.29, 0.717) is 16.7 Å². The monoisotopic (exact) mass is 368 g/mol. The van der Waals surface area contributed by atoms with Gasteiger partial charge in [-0.3, -0.25) is 0 Å². The standard InChI is InChI=1S/C14H13BrN2O3S/c1-8-4-5-21-12(8)7-16-14(20)17-11-3-2-9(13(18)19)6-10(11)15/h2-6H,7H2,1H3,(H,18,19)(H2,16,17,20). The van der Waals surface area contributed by atoms with Crippen LogP contribution in [0, 0.1) is 6.92 Å². The maximum atomic E-state index is 11.8. The lowest BCUT2D eigenvalue weighted by molar-refractivity contribution is 0.0697. The third-order valence-corrected chi connectivity index (χ3v) is 4.52. The van der Waals surface area contributed by atoms with Gasteiger partial charge in [-0.25, -0.2) is 9.59 Å². The predicted octanol–water partition coefficient (Wildman–Crippen LogP) is 3.84. The van der Waals surface area contributed by atoms with E-state index in [4.69, 9.17) is 5.11 Å². The minimum Gasteiger partial charge on any atom is -0.478 e. The number of hydrogen-bond donors (Lipinski definition) is 3. The number of nitrogens with one attached hydrogen (secondary N) is 2. The molecule has 0 aliphatic carbocycles. The van der Waals surface area contributed by atoms with Crippen LogP contribution in [0.15, 0.2) is 34.1 Å². The van der Waals surface area contributed by atoms with Crippen LogP contribution in [0.5, 0.6) is 0 Å². The number of carboxylic acids is 1. The molecule has 2 aromatic rings. The number of carbonyl (C=O) groups is 2. The van der Waals surface area contributed by atoms with Crippen LogP contribution in [-0.4, -0.2) is 17.1 Å². The fraction of sp³-hybridized carbons (Fsp3) is 0.143. The molecule has 0 spiro atoms. The molecule has 1 heterocycles. The third-order valence-electron chi connectivity index (χ3n) is 2.84. The Balaban J connectivity index is 1.96. The second-order valence-corrected chi connectivity index (χ2v) is 6.19. The Labute approximate surface area is 134 Å². The molecule has 0 aliphatic rings. The fourth-order valence-electron chi connectivity index (χ4n) is 1.66. The van der Waals surface area contributed by atoms with Crippen LogP contribution in [0.2, 0.25) is 0 Å². The highest BCUT2D eigenvalue weighted by Crippen LogP contribution is 2.23. The van der Waals surface area contributed by atoms with E-state index in [9.17, 15) is 9.59 Å². The highest BCUT2D eigenvalue weighted by molar-refractivity contribution is 9.10. The molecule has 1 aromatic carbocycles. The van der Waals surface area contributed by atoms with E-state index in [1.165, 1.54) is 12.1 Å². The average Bonchev–Trinajstić information content (AvgIpc) is 2.84. The third kappa shape index (κ3) is 4.05. The highest BCUT2D eigenvalue weighted by atomic mass is 79.9. The normalized spacial score (nSPS) is 10.2. The summed E-state index contributed by atoms with van der Waals surface area (Å²) in [6.07, 6.45) is 0. The van der Waals surface area contributed by atoms with Crippen molar-refractivity contribution in [1.82, 2.24) is 5.32 Å². The van der Waals surface area contributed by atoms with Crippen LogP contribution in [-0.2, 0) is 6.54 Å². The van der Waals surface area contributed by atoms with E-state index in [0.717, 1.165) is 10.4 Å². The van der Waals surface area contributed by atoms with Crippen molar-refractivity contribution in [1.29, 1.82) is 0 Å². The lowest BCUT2D eigenvalue weighted by Crippen LogP contribution is -2.28. The summed E-state index contributed by atoms with van der Waals surface area (Å²) in [6.45, 7) is 2.45. The Morgan fingerprint density at radius 1 is 1.33 bits per heavy atom. The summed E-state index contributed by atoms with van der Waals surface area (Å²) in [5.74, 6) is -1.01. The lowest BCUT2D eigenvalue weighted by atomic mass is 10.2. The average molecular weight is 369 g/mol. The summed E-state index contributed by atoms with van der Waals surface area (Å²) in [4.78, 5) is 23.8. The van der Waals surface area contributed by atoms with Gasteiger partial charge in [0.1, 0.15) is 0 Å². The Hall–Kier alpha value is -1.86. The molecule has 7 heteroatoms. The summed E-state index contributed by atoms with van der Waals surface area (Å²) in [6, 6.07) is 6.09. The number of aromatic carboxylic acids is 1. The van der Waals surface area contributed by atoms with E-state index in [1.807, 2.05) is 18.4 Å². The first-order valence-electron chi connectivity index (χ1n) is 6.08. The number of urea groups is 1. The number of halogens is 1. The van der Waals surface area contributed by atoms with Crippen molar-refractivity contribution in [2.75, 3.05) is 5.32 Å². The van der Waals surface area contributed by atoms with Crippen molar-refractivity contribution in [3.63, 3.8) is 0 Å². The smallest absolute Gasteiger partial charge is 0.335 e. The molecule has 0 radical (unpaired) electrons. The first-order chi connectivity index (χ1) is 9.97. The van der Waals surface area contributed by atoms with Crippen molar-refractivity contribution in [3.05, 3.63) is 50.1 Å². The van der Waals surface area contributed by atoms with Crippen LogP contribution >= 0.6 is 27.3 Å². The molecule has 0 fully saturated rings. The number of rotatable bonds is 4. The summed E-state index contributed by atoms with van der Waals surface area (Å²) in [5, 5.41) is 16.3. The van der Waals surface area contributed by atoms with Gasteiger partial charge in [0, 0.05) is 9.35 Å². The molecule has 2 rings (SSSR count). The minimum absolute atomic E-state index is 0.155. The van der Waals surface area contributed by atoms with Crippen molar-refractivity contribution in [2.45, 2.75) is 13.5 Å². The van der Waals surface area contributed by atoms with E-state index >= 15 is 0 Å². The van der Waals surface area contributed by atoms with Gasteiger partial charge in [-0.1, -0.05) is 0 Å². The molecule has 110 valence electrons. The SMILES string of the molecule is Cc1ccsc1CNC(=O)Nc1ccc(C(=O)O)cc1Br. The molecule has 1 aromatic heterocycles. The Bertz CT molecular complexity index is 685. The van der Waals surface area contributed by atoms with Crippen LogP contribution in [0.1, 0.15) is 20.8 Å². The molecule has 0 saturated heterocycles. The van der Waals surface area contributed by atoms with E-state index < -0.39 is 5.97 Å². The zero-order valence-corrected chi connectivity index (χ0v) is 13.5. The Morgan fingerprint density at radius 2 is 2.10 bits per heavy atom. The van der Waals surface area contributed by atoms with Crippen LogP contribution in [0.25, 0.3) is 0 Å². The molecular weight excluding hydrogens is 356 g/mol. The van der Waals surface area contributed by atoms with Gasteiger partial charge in [-0.15, -0.1) is 11.3 Å². The van der Waals surface area contributed by atoms with Gasteiger partial charge in [0.05, 0.1) is 17.8 Å². The van der Waals surface area contributed by atoms with Gasteiger partial charge in [-0.05, 0) is 58.1 Å². The Morgan fingerprint density at radius 3 is 2.67 bits per heavy atom. The molecule has 0 aliphatic heterocycles. The van der Waals surface area contributed by atoms with Crippen molar-refractivity contribution < 1.29 is 14.7 Å². The van der Waals surface area contributed by atoms with Crippen LogP contribution in [0.4, 0.5) is 10.5 Å². The van der Waals surface area contributed by atoms with Crippen LogP contribution in [0.3, 0.4) is 0 Å². The molecule has 0 unspecified atom stereocenters. The van der Waals surface area contributed by atoms with Crippen LogP contribution < -0.4 is 10.6 Å². The van der Waals surface area contributed by atoms with Gasteiger partial charge < -0.3 is 15.7 Å². The molecule has 2 amide bonds. The minimum atomic E-state index is -1.01. The maximum Gasteiger partial charge on any atom is 0.335 e. The van der Waals surface area contributed by atoms with Gasteiger partial charge in [0.15, 0.2) is 0 Å². The molecule has 0 saturated carbocycles. The summed E-state index contributed by atoms with van der Waals surface area (Å²) in [7, 11) is 0. The molecule has 5 nitrogen and oxygen atoms in total. The molecule has 21 heavy (non-hydrogen) atoms. The molecule has 0 bridgehead atoms. The van der Waals surface area contributed by atoms with Gasteiger partial charge in [-0.2, -0.15) is 0 Å². The largest absolute Gasteiger partial charge is 0.478 e. The number of benzene rings is 1. The second kappa shape index (κ2) is 6.73. The fourth-order valence-corrected chi connectivity index (χ4v) is 2.99. The topological polar surface area (TPSA) is 78.4 Å². The van der Waals surface area contributed by atoms with E-state index in [-0.39, 0.29) is 11.6 Å². The summed E-state index contributed by atoms with van der Waals surface area (Å²) in [5.41, 5.74) is 1.81. The van der Waals surface area contributed by atoms with Crippen molar-refractivity contribution >= 4 is 45.0 Å². The molecular formula is C14H13BrN2O3S. The zero-order valence-electron chi connectivity index (χ0n) is 11.1. The summed E-state index contributed by atoms with van der Waals surface area (Å²) < 4.78 is 0.518. The number of aryl methyl sites for hydroxylation is 1. The van der Waals surface area contributed by atoms with Crippen molar-refractivity contribution in [2.24, 2.45) is 0 Å². The van der Waals surface area contributed by atoms with Gasteiger partial charge in [0.2, 0.25) is 0 Å². The number of amides is 2. The molecule has 0 atom stereocenters. The Kier molecular flexibility index (Phi) is 4.98. The first kappa shape index (κ1) is 15.5. The number of carboxylic acid groups (broad SMARTS) is 1. The van der Waals surface area contributed by atoms with Gasteiger partial charge in [0.25, 0.3) is 0 Å². The summed E-state index contributed by atoms with van der Waals surface area (Å²) >= 11 is 4.83. The zero-order chi connectivity index (χ0) is 15.4. The maximum absolute atomic E-state index is 11.8. The quantitative estimate of drug-likeness (QED) is 0.766. The van der Waals surface area contributed by atoms with Gasteiger partial charge >= 0.3 is 12.0 Å². The number of thiophene rings is 1. The van der Waals surface area contributed by atoms with Crippen molar-refractivity contribution in [3.8, 4) is 0 Å². The lowest BCUT2D eigenvalue weighted by Gasteiger charge is -2.09.